The zero-order valence-electron chi connectivity index (χ0n) is 8.65. The van der Waals surface area contributed by atoms with E-state index in [9.17, 15) is 12.8 Å². The number of rotatable bonds is 3. The lowest BCUT2D eigenvalue weighted by Gasteiger charge is -2.08. The second-order valence-corrected chi connectivity index (χ2v) is 7.37. The summed E-state index contributed by atoms with van der Waals surface area (Å²) >= 11 is 9.85. The van der Waals surface area contributed by atoms with Crippen LogP contribution in [0.3, 0.4) is 0 Å². The molecule has 0 spiro atoms. The number of hydrogen-bond acceptors (Lipinski definition) is 3. The zero-order valence-corrected chi connectivity index (χ0v) is 12.6. The highest BCUT2D eigenvalue weighted by molar-refractivity contribution is 9.10. The van der Waals surface area contributed by atoms with Crippen LogP contribution in [0.1, 0.15) is 0 Å². The molecule has 1 N–H and O–H groups in total. The van der Waals surface area contributed by atoms with Crippen LogP contribution in [-0.4, -0.2) is 8.42 Å². The fourth-order valence-corrected chi connectivity index (χ4v) is 4.81. The van der Waals surface area contributed by atoms with Gasteiger partial charge in [0.25, 0.3) is 10.0 Å². The summed E-state index contributed by atoms with van der Waals surface area (Å²) in [5.74, 6) is -0.685. The van der Waals surface area contributed by atoms with Crippen molar-refractivity contribution >= 4 is 54.6 Å². The molecule has 0 unspecified atom stereocenters. The molecule has 8 heteroatoms. The molecule has 1 aromatic heterocycles. The first kappa shape index (κ1) is 13.8. The normalized spacial score (nSPS) is 11.5. The summed E-state index contributed by atoms with van der Waals surface area (Å²) in [5, 5.41) is 1.87. The van der Waals surface area contributed by atoms with Crippen LogP contribution in [0.5, 0.6) is 0 Å². The van der Waals surface area contributed by atoms with E-state index < -0.39 is 15.8 Å². The molecule has 0 radical (unpaired) electrons. The van der Waals surface area contributed by atoms with Crippen LogP contribution < -0.4 is 4.72 Å². The van der Waals surface area contributed by atoms with E-state index in [2.05, 4.69) is 20.7 Å². The molecule has 96 valence electrons. The van der Waals surface area contributed by atoms with E-state index >= 15 is 0 Å². The molecule has 0 saturated heterocycles. The first-order chi connectivity index (χ1) is 8.40. The minimum absolute atomic E-state index is 0.0851. The lowest BCUT2D eigenvalue weighted by atomic mass is 10.3. The van der Waals surface area contributed by atoms with E-state index in [0.29, 0.717) is 4.47 Å². The van der Waals surface area contributed by atoms with Crippen molar-refractivity contribution in [2.45, 2.75) is 4.21 Å². The Labute approximate surface area is 121 Å². The van der Waals surface area contributed by atoms with E-state index in [4.69, 9.17) is 11.6 Å². The summed E-state index contributed by atoms with van der Waals surface area (Å²) in [6, 6.07) is 5.27. The van der Waals surface area contributed by atoms with Gasteiger partial charge in [0.05, 0.1) is 5.69 Å². The van der Waals surface area contributed by atoms with Crippen LogP contribution in [0, 0.1) is 5.82 Å². The fourth-order valence-electron chi connectivity index (χ4n) is 1.24. The number of anilines is 1. The number of benzene rings is 1. The highest BCUT2D eigenvalue weighted by Crippen LogP contribution is 2.30. The third-order valence-corrected chi connectivity index (χ3v) is 6.27. The number of sulfonamides is 1. The number of nitrogens with one attached hydrogen (secondary N) is 1. The number of halogens is 3. The van der Waals surface area contributed by atoms with Gasteiger partial charge in [-0.2, -0.15) is 0 Å². The van der Waals surface area contributed by atoms with E-state index in [1.54, 1.807) is 11.4 Å². The Balaban J connectivity index is 2.40. The Kier molecular flexibility index (Phi) is 3.96. The van der Waals surface area contributed by atoms with Crippen LogP contribution in [0.2, 0.25) is 5.02 Å². The smallest absolute Gasteiger partial charge is 0.272 e. The van der Waals surface area contributed by atoms with Crippen molar-refractivity contribution in [3.63, 3.8) is 0 Å². The van der Waals surface area contributed by atoms with Gasteiger partial charge in [0.1, 0.15) is 5.82 Å². The van der Waals surface area contributed by atoms with Crippen molar-refractivity contribution in [2.24, 2.45) is 0 Å². The molecular formula is C10H6BrClFNO2S2. The molecule has 0 bridgehead atoms. The molecule has 0 saturated carbocycles. The van der Waals surface area contributed by atoms with Crippen molar-refractivity contribution in [3.05, 3.63) is 45.0 Å². The average Bonchev–Trinajstić information content (AvgIpc) is 2.70. The van der Waals surface area contributed by atoms with Gasteiger partial charge in [0, 0.05) is 9.50 Å². The summed E-state index contributed by atoms with van der Waals surface area (Å²) in [6.07, 6.45) is 0. The van der Waals surface area contributed by atoms with Gasteiger partial charge in [0.2, 0.25) is 0 Å². The summed E-state index contributed by atoms with van der Waals surface area (Å²) in [5.41, 5.74) is -0.178. The van der Waals surface area contributed by atoms with Gasteiger partial charge < -0.3 is 0 Å². The minimum atomic E-state index is -3.82. The van der Waals surface area contributed by atoms with Crippen LogP contribution in [0.25, 0.3) is 0 Å². The lowest BCUT2D eigenvalue weighted by molar-refractivity contribution is 0.600. The van der Waals surface area contributed by atoms with Gasteiger partial charge in [-0.3, -0.25) is 4.72 Å². The molecule has 0 amide bonds. The molecule has 0 aliphatic heterocycles. The van der Waals surface area contributed by atoms with Crippen molar-refractivity contribution in [3.8, 4) is 0 Å². The Bertz CT molecular complexity index is 687. The molecule has 3 nitrogen and oxygen atoms in total. The minimum Gasteiger partial charge on any atom is -0.276 e. The molecule has 1 heterocycles. The Hall–Kier alpha value is -0.630. The molecule has 2 aromatic rings. The van der Waals surface area contributed by atoms with Crippen molar-refractivity contribution in [1.29, 1.82) is 0 Å². The topological polar surface area (TPSA) is 46.2 Å². The standard InChI is InChI=1S/C10H6BrClFNO2S2/c11-7-3-4-17-10(7)18(15,16)14-9-5-6(12)1-2-8(9)13/h1-5,14H. The quantitative estimate of drug-likeness (QED) is 0.884. The van der Waals surface area contributed by atoms with Crippen molar-refractivity contribution in [1.82, 2.24) is 0 Å². The van der Waals surface area contributed by atoms with E-state index in [0.717, 1.165) is 17.4 Å². The maximum absolute atomic E-state index is 13.4. The number of hydrogen-bond donors (Lipinski definition) is 1. The van der Waals surface area contributed by atoms with E-state index in [-0.39, 0.29) is 14.9 Å². The zero-order chi connectivity index (χ0) is 13.3. The monoisotopic (exact) mass is 369 g/mol. The molecule has 1 aromatic carbocycles. The van der Waals surface area contributed by atoms with Gasteiger partial charge in [-0.1, -0.05) is 11.6 Å². The van der Waals surface area contributed by atoms with E-state index in [1.165, 1.54) is 12.1 Å². The second kappa shape index (κ2) is 5.16. The highest BCUT2D eigenvalue weighted by Gasteiger charge is 2.20. The molecular weight excluding hydrogens is 365 g/mol. The predicted molar refractivity (Wildman–Crippen MR) is 74.2 cm³/mol. The highest BCUT2D eigenvalue weighted by atomic mass is 79.9. The fraction of sp³-hybridized carbons (Fsp3) is 0. The van der Waals surface area contributed by atoms with Crippen LogP contribution in [-0.2, 0) is 10.0 Å². The van der Waals surface area contributed by atoms with E-state index in [1.807, 2.05) is 0 Å². The summed E-state index contributed by atoms with van der Waals surface area (Å²) < 4.78 is 40.1. The molecule has 18 heavy (non-hydrogen) atoms. The summed E-state index contributed by atoms with van der Waals surface area (Å²) in [6.45, 7) is 0. The van der Waals surface area contributed by atoms with Crippen molar-refractivity contribution in [2.75, 3.05) is 4.72 Å². The molecule has 0 atom stereocenters. The molecule has 2 rings (SSSR count). The first-order valence-electron chi connectivity index (χ1n) is 4.61. The third-order valence-electron chi connectivity index (χ3n) is 2.00. The average molecular weight is 371 g/mol. The molecule has 0 aliphatic rings. The maximum Gasteiger partial charge on any atom is 0.272 e. The second-order valence-electron chi connectivity index (χ2n) is 3.29. The first-order valence-corrected chi connectivity index (χ1v) is 8.14. The third kappa shape index (κ3) is 2.85. The summed E-state index contributed by atoms with van der Waals surface area (Å²) in [4.78, 5) is 0. The van der Waals surface area contributed by atoms with Gasteiger partial charge in [-0.25, -0.2) is 12.8 Å². The van der Waals surface area contributed by atoms with Crippen LogP contribution >= 0.6 is 38.9 Å². The Morgan fingerprint density at radius 3 is 2.67 bits per heavy atom. The SMILES string of the molecule is O=S(=O)(Nc1cc(Cl)ccc1F)c1sccc1Br. The van der Waals surface area contributed by atoms with Crippen LogP contribution in [0.4, 0.5) is 10.1 Å². The van der Waals surface area contributed by atoms with Crippen molar-refractivity contribution < 1.29 is 12.8 Å². The maximum atomic E-state index is 13.4. The number of thiophene rings is 1. The van der Waals surface area contributed by atoms with Crippen LogP contribution in [0.15, 0.2) is 38.3 Å². The van der Waals surface area contributed by atoms with Gasteiger partial charge >= 0.3 is 0 Å². The largest absolute Gasteiger partial charge is 0.276 e. The predicted octanol–water partition coefficient (Wildman–Crippen LogP) is 4.10. The molecule has 0 fully saturated rings. The molecule has 0 aliphatic carbocycles. The summed E-state index contributed by atoms with van der Waals surface area (Å²) in [7, 11) is -3.82. The Morgan fingerprint density at radius 1 is 1.33 bits per heavy atom. The van der Waals surface area contributed by atoms with Gasteiger partial charge in [-0.15, -0.1) is 11.3 Å². The van der Waals surface area contributed by atoms with Gasteiger partial charge in [-0.05, 0) is 45.6 Å². The lowest BCUT2D eigenvalue weighted by Crippen LogP contribution is -2.13. The Morgan fingerprint density at radius 2 is 2.06 bits per heavy atom. The van der Waals surface area contributed by atoms with Gasteiger partial charge in [0.15, 0.2) is 4.21 Å².